The van der Waals surface area contributed by atoms with Gasteiger partial charge in [-0.1, -0.05) is 0 Å². The molecule has 0 aromatic carbocycles. The molecule has 0 atom stereocenters. The third-order valence-corrected chi connectivity index (χ3v) is 0.362. The van der Waals surface area contributed by atoms with E-state index < -0.39 is 0 Å². The number of aliphatic hydroxyl groups excluding tert-OH is 1. The molecule has 0 aromatic rings. The molecule has 0 aliphatic heterocycles. The van der Waals surface area contributed by atoms with Gasteiger partial charge in [0.25, 0.3) is 0 Å². The van der Waals surface area contributed by atoms with Gasteiger partial charge >= 0.3 is 51.4 Å². The second-order valence-electron chi connectivity index (χ2n) is 0.866. The molecule has 3 N–H and O–H groups in total. The maximum absolute atomic E-state index is 7.99. The van der Waals surface area contributed by atoms with E-state index in [1.807, 2.05) is 0 Å². The summed E-state index contributed by atoms with van der Waals surface area (Å²) in [6.45, 7) is 0.812. The third kappa shape index (κ3) is 9.12. The zero-order valence-electron chi connectivity index (χ0n) is 3.15. The summed E-state index contributed by atoms with van der Waals surface area (Å²) in [6, 6.07) is 0. The average Bonchev–Trinajstić information content (AvgIpc) is 1.41. The van der Waals surface area contributed by atoms with Crippen molar-refractivity contribution in [1.29, 1.82) is 0 Å². The number of hydrogen-bond acceptors (Lipinski definition) is 2. The second kappa shape index (κ2) is 9.75. The first-order chi connectivity index (χ1) is 2.41. The van der Waals surface area contributed by atoms with E-state index in [4.69, 9.17) is 10.8 Å². The van der Waals surface area contributed by atoms with Crippen molar-refractivity contribution in [2.24, 2.45) is 5.73 Å². The molecule has 0 bridgehead atoms. The maximum atomic E-state index is 7.99. The minimum absolute atomic E-state index is 0. The van der Waals surface area contributed by atoms with Crippen molar-refractivity contribution < 1.29 is 5.11 Å². The molecular formula is C3H10KNO. The molecule has 34 valence electrons. The predicted octanol–water partition coefficient (Wildman–Crippen LogP) is -1.32. The summed E-state index contributed by atoms with van der Waals surface area (Å²) in [6.07, 6.45) is 0.722. The summed E-state index contributed by atoms with van der Waals surface area (Å²) in [7, 11) is 0. The Morgan fingerprint density at radius 2 is 2.00 bits per heavy atom. The Labute approximate surface area is 80.5 Å². The van der Waals surface area contributed by atoms with Crippen molar-refractivity contribution in [2.45, 2.75) is 6.42 Å². The van der Waals surface area contributed by atoms with Crippen LogP contribution in [0, 0.1) is 0 Å². The normalized spacial score (nSPS) is 7.00. The first-order valence-corrected chi connectivity index (χ1v) is 1.72. The van der Waals surface area contributed by atoms with Gasteiger partial charge in [0.15, 0.2) is 0 Å². The Bertz CT molecular complexity index is 18.3. The summed E-state index contributed by atoms with van der Waals surface area (Å²) in [5, 5.41) is 7.99. The SMILES string of the molecule is NCCCO.[KH]. The Morgan fingerprint density at radius 3 is 2.00 bits per heavy atom. The number of aliphatic hydroxyl groups is 1. The topological polar surface area (TPSA) is 46.2 Å². The molecule has 6 heavy (non-hydrogen) atoms. The van der Waals surface area contributed by atoms with Gasteiger partial charge in [-0.3, -0.25) is 0 Å². The van der Waals surface area contributed by atoms with Crippen LogP contribution in [0.25, 0.3) is 0 Å². The van der Waals surface area contributed by atoms with E-state index in [0.717, 1.165) is 6.42 Å². The van der Waals surface area contributed by atoms with Gasteiger partial charge < -0.3 is 10.8 Å². The standard InChI is InChI=1S/C3H9NO.K.H/c4-2-1-3-5;;/h5H,1-4H2;;. The first-order valence-electron chi connectivity index (χ1n) is 1.72. The van der Waals surface area contributed by atoms with E-state index >= 15 is 0 Å². The van der Waals surface area contributed by atoms with Crippen LogP contribution in [0.5, 0.6) is 0 Å². The Hall–Kier alpha value is 1.56. The van der Waals surface area contributed by atoms with Crippen LogP contribution in [-0.4, -0.2) is 69.6 Å². The van der Waals surface area contributed by atoms with Crippen LogP contribution in [0.3, 0.4) is 0 Å². The van der Waals surface area contributed by atoms with E-state index in [9.17, 15) is 0 Å². The van der Waals surface area contributed by atoms with Gasteiger partial charge in [-0.25, -0.2) is 0 Å². The number of nitrogens with two attached hydrogens (primary N) is 1. The van der Waals surface area contributed by atoms with Crippen LogP contribution < -0.4 is 5.73 Å². The summed E-state index contributed by atoms with van der Waals surface area (Å²) in [4.78, 5) is 0. The van der Waals surface area contributed by atoms with Gasteiger partial charge in [-0.2, -0.15) is 0 Å². The summed E-state index contributed by atoms with van der Waals surface area (Å²) in [5.74, 6) is 0. The molecular weight excluding hydrogens is 105 g/mol. The van der Waals surface area contributed by atoms with Crippen molar-refractivity contribution >= 4 is 51.4 Å². The third-order valence-electron chi connectivity index (χ3n) is 0.362. The van der Waals surface area contributed by atoms with Gasteiger partial charge in [0.1, 0.15) is 0 Å². The van der Waals surface area contributed by atoms with Crippen molar-refractivity contribution in [1.82, 2.24) is 0 Å². The zero-order valence-corrected chi connectivity index (χ0v) is 3.15. The fraction of sp³-hybridized carbons (Fsp3) is 1.00. The molecule has 0 aliphatic carbocycles. The molecule has 0 radical (unpaired) electrons. The number of rotatable bonds is 2. The Kier molecular flexibility index (Phi) is 17.1. The molecule has 0 fully saturated rings. The molecule has 3 heteroatoms. The Morgan fingerprint density at radius 1 is 1.50 bits per heavy atom. The molecule has 0 saturated heterocycles. The van der Waals surface area contributed by atoms with Crippen LogP contribution in [0.2, 0.25) is 0 Å². The van der Waals surface area contributed by atoms with Crippen LogP contribution >= 0.6 is 0 Å². The van der Waals surface area contributed by atoms with Crippen LogP contribution in [0.4, 0.5) is 0 Å². The van der Waals surface area contributed by atoms with Crippen molar-refractivity contribution in [3.05, 3.63) is 0 Å². The average molecular weight is 115 g/mol. The molecule has 0 heterocycles. The summed E-state index contributed by atoms with van der Waals surface area (Å²) < 4.78 is 0. The van der Waals surface area contributed by atoms with Gasteiger partial charge in [0.05, 0.1) is 0 Å². The van der Waals surface area contributed by atoms with Crippen molar-refractivity contribution in [3.8, 4) is 0 Å². The molecule has 2 nitrogen and oxygen atoms in total. The van der Waals surface area contributed by atoms with Gasteiger partial charge in [-0.05, 0) is 13.0 Å². The monoisotopic (exact) mass is 115 g/mol. The van der Waals surface area contributed by atoms with E-state index in [1.54, 1.807) is 0 Å². The van der Waals surface area contributed by atoms with Gasteiger partial charge in [0.2, 0.25) is 0 Å². The zero-order chi connectivity index (χ0) is 4.12. The molecule has 0 aromatic heterocycles. The quantitative estimate of drug-likeness (QED) is 0.438. The van der Waals surface area contributed by atoms with E-state index in [1.165, 1.54) is 0 Å². The van der Waals surface area contributed by atoms with E-state index in [2.05, 4.69) is 0 Å². The van der Waals surface area contributed by atoms with E-state index in [0.29, 0.717) is 6.54 Å². The molecule has 0 rings (SSSR count). The fourth-order valence-corrected chi connectivity index (χ4v) is 0.0913. The van der Waals surface area contributed by atoms with Gasteiger partial charge in [0, 0.05) is 6.61 Å². The molecule has 0 saturated carbocycles. The second-order valence-corrected chi connectivity index (χ2v) is 0.866. The number of hydrogen-bond donors (Lipinski definition) is 2. The van der Waals surface area contributed by atoms with Crippen molar-refractivity contribution in [3.63, 3.8) is 0 Å². The summed E-state index contributed by atoms with van der Waals surface area (Å²) in [5.41, 5.74) is 4.98. The molecule has 0 amide bonds. The first kappa shape index (κ1) is 10.5. The molecule has 0 spiro atoms. The van der Waals surface area contributed by atoms with Crippen LogP contribution in [0.15, 0.2) is 0 Å². The van der Waals surface area contributed by atoms with Crippen LogP contribution in [-0.2, 0) is 0 Å². The molecule has 0 aliphatic rings. The Balaban J connectivity index is 0. The minimum atomic E-state index is 0. The van der Waals surface area contributed by atoms with E-state index in [-0.39, 0.29) is 58.0 Å². The van der Waals surface area contributed by atoms with Crippen LogP contribution in [0.1, 0.15) is 6.42 Å². The predicted molar refractivity (Wildman–Crippen MR) is 27.9 cm³/mol. The molecule has 0 unspecified atom stereocenters. The van der Waals surface area contributed by atoms with Gasteiger partial charge in [-0.15, -0.1) is 0 Å². The van der Waals surface area contributed by atoms with Crippen molar-refractivity contribution in [2.75, 3.05) is 13.2 Å². The summed E-state index contributed by atoms with van der Waals surface area (Å²) >= 11 is 0. The fourth-order valence-electron chi connectivity index (χ4n) is 0.0913.